The van der Waals surface area contributed by atoms with Crippen molar-refractivity contribution in [2.75, 3.05) is 20.1 Å². The van der Waals surface area contributed by atoms with Crippen molar-refractivity contribution < 1.29 is 14.3 Å². The van der Waals surface area contributed by atoms with Crippen molar-refractivity contribution in [3.05, 3.63) is 12.7 Å². The van der Waals surface area contributed by atoms with E-state index in [4.69, 9.17) is 9.47 Å². The molecule has 0 spiro atoms. The molecule has 1 heterocycles. The van der Waals surface area contributed by atoms with Crippen molar-refractivity contribution in [1.82, 2.24) is 15.5 Å². The van der Waals surface area contributed by atoms with Gasteiger partial charge in [0.1, 0.15) is 11.3 Å². The molecule has 0 aliphatic carbocycles. The van der Waals surface area contributed by atoms with Crippen molar-refractivity contribution in [2.24, 2.45) is 4.99 Å². The Balaban J connectivity index is 2.85. The van der Waals surface area contributed by atoms with Crippen LogP contribution in [0.15, 0.2) is 17.6 Å². The molecule has 0 saturated carbocycles. The first kappa shape index (κ1) is 20.3. The van der Waals surface area contributed by atoms with E-state index in [0.29, 0.717) is 19.0 Å². The molecule has 24 heavy (non-hydrogen) atoms. The summed E-state index contributed by atoms with van der Waals surface area (Å²) >= 11 is 0. The lowest BCUT2D eigenvalue weighted by atomic mass is 10.1. The maximum Gasteiger partial charge on any atom is 0.412 e. The van der Waals surface area contributed by atoms with E-state index in [-0.39, 0.29) is 18.2 Å². The van der Waals surface area contributed by atoms with Crippen molar-refractivity contribution >= 4 is 12.1 Å². The molecule has 1 amide bonds. The molecule has 1 aliphatic rings. The van der Waals surface area contributed by atoms with E-state index in [1.807, 2.05) is 41.5 Å². The Morgan fingerprint density at radius 1 is 1.42 bits per heavy atom. The zero-order valence-electron chi connectivity index (χ0n) is 16.0. The Labute approximate surface area is 145 Å². The summed E-state index contributed by atoms with van der Waals surface area (Å²) in [6, 6.07) is -0.169. The molecule has 1 fully saturated rings. The lowest BCUT2D eigenvalue weighted by Gasteiger charge is -2.35. The Morgan fingerprint density at radius 2 is 2.04 bits per heavy atom. The minimum absolute atomic E-state index is 0.127. The molecule has 1 saturated heterocycles. The average Bonchev–Trinajstić information content (AvgIpc) is 2.66. The summed E-state index contributed by atoms with van der Waals surface area (Å²) in [4.78, 5) is 18.5. The summed E-state index contributed by atoms with van der Waals surface area (Å²) in [7, 11) is 1.70. The highest BCUT2D eigenvalue weighted by Gasteiger charge is 2.49. The molecule has 2 unspecified atom stereocenters. The van der Waals surface area contributed by atoms with Gasteiger partial charge in [0.25, 0.3) is 0 Å². The van der Waals surface area contributed by atoms with Gasteiger partial charge in [-0.3, -0.25) is 9.89 Å². The highest BCUT2D eigenvalue weighted by atomic mass is 16.6. The van der Waals surface area contributed by atoms with Crippen LogP contribution in [0, 0.1) is 0 Å². The van der Waals surface area contributed by atoms with E-state index < -0.39 is 11.3 Å². The van der Waals surface area contributed by atoms with Crippen LogP contribution in [-0.4, -0.2) is 60.6 Å². The van der Waals surface area contributed by atoms with Crippen LogP contribution in [0.5, 0.6) is 0 Å². The predicted octanol–water partition coefficient (Wildman–Crippen LogP) is 2.10. The summed E-state index contributed by atoms with van der Waals surface area (Å²) < 4.78 is 11.5. The predicted molar refractivity (Wildman–Crippen MR) is 96.0 cm³/mol. The van der Waals surface area contributed by atoms with E-state index in [2.05, 4.69) is 22.2 Å². The maximum absolute atomic E-state index is 12.7. The second-order valence-electron chi connectivity index (χ2n) is 7.31. The fourth-order valence-corrected chi connectivity index (χ4v) is 2.71. The molecule has 0 radical (unpaired) electrons. The first-order valence-electron chi connectivity index (χ1n) is 8.27. The number of nitrogens with zero attached hydrogens (tertiary/aromatic N) is 2. The second kappa shape index (κ2) is 7.88. The minimum atomic E-state index is -0.730. The third-order valence-electron chi connectivity index (χ3n) is 3.63. The Bertz CT molecular complexity index is 483. The van der Waals surface area contributed by atoms with E-state index in [1.54, 1.807) is 18.0 Å². The molecule has 1 rings (SSSR count). The second-order valence-corrected chi connectivity index (χ2v) is 7.31. The van der Waals surface area contributed by atoms with Gasteiger partial charge in [0.2, 0.25) is 0 Å². The molecule has 1 aliphatic heterocycles. The lowest BCUT2D eigenvalue weighted by Crippen LogP contribution is -2.54. The fourth-order valence-electron chi connectivity index (χ4n) is 2.71. The molecule has 0 aromatic heterocycles. The quantitative estimate of drug-likeness (QED) is 0.466. The molecule has 2 atom stereocenters. The number of amides is 1. The number of ether oxygens (including phenoxy) is 2. The van der Waals surface area contributed by atoms with Gasteiger partial charge in [-0.1, -0.05) is 6.08 Å². The average molecular weight is 340 g/mol. The van der Waals surface area contributed by atoms with Crippen LogP contribution >= 0.6 is 0 Å². The van der Waals surface area contributed by atoms with Crippen LogP contribution in [0.3, 0.4) is 0 Å². The summed E-state index contributed by atoms with van der Waals surface area (Å²) in [6.07, 6.45) is 1.25. The van der Waals surface area contributed by atoms with Gasteiger partial charge in [-0.05, 0) is 41.5 Å². The minimum Gasteiger partial charge on any atom is -0.444 e. The summed E-state index contributed by atoms with van der Waals surface area (Å²) in [5.41, 5.74) is -1.29. The molecular formula is C17H32N4O3. The molecule has 0 bridgehead atoms. The number of guanidine groups is 1. The van der Waals surface area contributed by atoms with Crippen molar-refractivity contribution in [1.29, 1.82) is 0 Å². The number of hydrogen-bond donors (Lipinski definition) is 2. The third-order valence-corrected chi connectivity index (χ3v) is 3.63. The summed E-state index contributed by atoms with van der Waals surface area (Å²) in [6.45, 7) is 16.0. The number of aliphatic imine (C=N–C) groups is 1. The molecule has 7 heteroatoms. The zero-order chi connectivity index (χ0) is 18.5. The van der Waals surface area contributed by atoms with Crippen LogP contribution in [0.4, 0.5) is 4.79 Å². The van der Waals surface area contributed by atoms with Gasteiger partial charge in [0.15, 0.2) is 5.96 Å². The number of carbonyl (C=O) groups excluding carboxylic acids is 1. The summed E-state index contributed by atoms with van der Waals surface area (Å²) in [5, 5.41) is 6.33. The lowest BCUT2D eigenvalue weighted by molar-refractivity contribution is -0.0755. The van der Waals surface area contributed by atoms with Crippen LogP contribution in [-0.2, 0) is 9.47 Å². The molecular weight excluding hydrogens is 308 g/mol. The highest BCUT2D eigenvalue weighted by molar-refractivity contribution is 5.80. The Hall–Kier alpha value is -1.76. The van der Waals surface area contributed by atoms with Crippen molar-refractivity contribution in [3.8, 4) is 0 Å². The zero-order valence-corrected chi connectivity index (χ0v) is 16.0. The van der Waals surface area contributed by atoms with Gasteiger partial charge in [-0.15, -0.1) is 6.58 Å². The number of hydrogen-bond acceptors (Lipinski definition) is 4. The van der Waals surface area contributed by atoms with Crippen molar-refractivity contribution in [3.63, 3.8) is 0 Å². The topological polar surface area (TPSA) is 75.2 Å². The standard InChI is InChI=1S/C17H32N4O3/c1-9-10-19-14(18-8)20-11-13-12(2)23-17(6,7)21(13)15(22)24-16(3,4)5/h9,12-13H,1,10-11H2,2-8H3,(H2,18,19,20). The number of nitrogens with one attached hydrogen (secondary N) is 2. The van der Waals surface area contributed by atoms with Gasteiger partial charge in [-0.2, -0.15) is 0 Å². The van der Waals surface area contributed by atoms with Crippen LogP contribution in [0.2, 0.25) is 0 Å². The fraction of sp³-hybridized carbons (Fsp3) is 0.765. The highest BCUT2D eigenvalue weighted by Crippen LogP contribution is 2.33. The largest absolute Gasteiger partial charge is 0.444 e. The van der Waals surface area contributed by atoms with E-state index in [1.165, 1.54) is 0 Å². The van der Waals surface area contributed by atoms with Gasteiger partial charge in [-0.25, -0.2) is 4.79 Å². The van der Waals surface area contributed by atoms with E-state index >= 15 is 0 Å². The third kappa shape index (κ3) is 5.40. The smallest absolute Gasteiger partial charge is 0.412 e. The van der Waals surface area contributed by atoms with E-state index in [0.717, 1.165) is 0 Å². The van der Waals surface area contributed by atoms with Crippen molar-refractivity contribution in [2.45, 2.75) is 65.0 Å². The number of rotatable bonds is 4. The Kier molecular flexibility index (Phi) is 6.66. The molecule has 138 valence electrons. The molecule has 2 N–H and O–H groups in total. The molecule has 7 nitrogen and oxygen atoms in total. The SMILES string of the molecule is C=CCNC(=NC)NCC1C(C)OC(C)(C)N1C(=O)OC(C)(C)C. The normalized spacial score (nSPS) is 23.8. The van der Waals surface area contributed by atoms with E-state index in [9.17, 15) is 4.79 Å². The van der Waals surface area contributed by atoms with Gasteiger partial charge in [0.05, 0.1) is 12.1 Å². The Morgan fingerprint density at radius 3 is 2.54 bits per heavy atom. The molecule has 0 aromatic rings. The van der Waals surface area contributed by atoms with Gasteiger partial charge < -0.3 is 20.1 Å². The molecule has 0 aromatic carbocycles. The maximum atomic E-state index is 12.7. The number of carbonyl (C=O) groups is 1. The van der Waals surface area contributed by atoms with Crippen LogP contribution in [0.25, 0.3) is 0 Å². The van der Waals surface area contributed by atoms with Crippen LogP contribution < -0.4 is 10.6 Å². The monoisotopic (exact) mass is 340 g/mol. The van der Waals surface area contributed by atoms with Gasteiger partial charge in [0, 0.05) is 20.1 Å². The summed E-state index contributed by atoms with van der Waals surface area (Å²) in [5.74, 6) is 0.649. The van der Waals surface area contributed by atoms with Crippen LogP contribution in [0.1, 0.15) is 41.5 Å². The first-order chi connectivity index (χ1) is 11.0. The first-order valence-corrected chi connectivity index (χ1v) is 8.27. The van der Waals surface area contributed by atoms with Gasteiger partial charge >= 0.3 is 6.09 Å².